The lowest BCUT2D eigenvalue weighted by Crippen LogP contribution is -2.42. The van der Waals surface area contributed by atoms with E-state index in [0.29, 0.717) is 11.6 Å². The van der Waals surface area contributed by atoms with Crippen LogP contribution >= 0.6 is 0 Å². The average Bonchev–Trinajstić information content (AvgIpc) is 2.47. The molecule has 0 bridgehead atoms. The van der Waals surface area contributed by atoms with Crippen LogP contribution in [0.25, 0.3) is 0 Å². The quantitative estimate of drug-likeness (QED) is 0.897. The molecule has 2 unspecified atom stereocenters. The highest BCUT2D eigenvalue weighted by Crippen LogP contribution is 2.26. The summed E-state index contributed by atoms with van der Waals surface area (Å²) in [6.07, 6.45) is 5.80. The van der Waals surface area contributed by atoms with E-state index in [9.17, 15) is 9.59 Å². The van der Waals surface area contributed by atoms with Crippen molar-refractivity contribution in [1.82, 2.24) is 9.88 Å². The second-order valence-electron chi connectivity index (χ2n) is 5.70. The molecule has 0 aliphatic heterocycles. The van der Waals surface area contributed by atoms with Gasteiger partial charge in [0.1, 0.15) is 5.69 Å². The van der Waals surface area contributed by atoms with E-state index in [2.05, 4.69) is 17.2 Å². The standard InChI is InChI=1S/C15H21N3O3/c1-10-4-3-5-12(8-10)18(2)15(21)17-11-6-7-13(14(19)20)16-9-11/h6-7,9-10,12H,3-5,8H2,1-2H3,(H,17,21)(H,19,20). The molecule has 0 radical (unpaired) electrons. The van der Waals surface area contributed by atoms with Crippen LogP contribution in [-0.2, 0) is 0 Å². The zero-order valence-corrected chi connectivity index (χ0v) is 12.4. The van der Waals surface area contributed by atoms with Crippen LogP contribution in [0.4, 0.5) is 10.5 Å². The number of rotatable bonds is 3. The van der Waals surface area contributed by atoms with Crippen molar-refractivity contribution in [2.45, 2.75) is 38.6 Å². The number of carboxylic acid groups (broad SMARTS) is 1. The van der Waals surface area contributed by atoms with Crippen molar-refractivity contribution in [3.8, 4) is 0 Å². The summed E-state index contributed by atoms with van der Waals surface area (Å²) < 4.78 is 0. The molecule has 2 amide bonds. The van der Waals surface area contributed by atoms with Gasteiger partial charge in [0.15, 0.2) is 0 Å². The van der Waals surface area contributed by atoms with E-state index < -0.39 is 5.97 Å². The SMILES string of the molecule is CC1CCCC(N(C)C(=O)Nc2ccc(C(=O)O)nc2)C1. The van der Waals surface area contributed by atoms with E-state index in [1.54, 1.807) is 18.0 Å². The summed E-state index contributed by atoms with van der Waals surface area (Å²) in [7, 11) is 1.80. The highest BCUT2D eigenvalue weighted by atomic mass is 16.4. The fourth-order valence-electron chi connectivity index (χ4n) is 2.73. The minimum atomic E-state index is -1.08. The molecule has 1 aromatic rings. The molecule has 0 spiro atoms. The Hall–Kier alpha value is -2.11. The van der Waals surface area contributed by atoms with Crippen LogP contribution in [0.15, 0.2) is 18.3 Å². The summed E-state index contributed by atoms with van der Waals surface area (Å²) in [5.41, 5.74) is 0.461. The van der Waals surface area contributed by atoms with Gasteiger partial charge in [0.05, 0.1) is 11.9 Å². The maximum absolute atomic E-state index is 12.2. The molecule has 0 aromatic carbocycles. The fraction of sp³-hybridized carbons (Fsp3) is 0.533. The lowest BCUT2D eigenvalue weighted by atomic mass is 9.86. The summed E-state index contributed by atoms with van der Waals surface area (Å²) in [6, 6.07) is 3.01. The Morgan fingerprint density at radius 2 is 2.14 bits per heavy atom. The minimum absolute atomic E-state index is 0.0394. The fourth-order valence-corrected chi connectivity index (χ4v) is 2.73. The van der Waals surface area contributed by atoms with Crippen LogP contribution in [0, 0.1) is 5.92 Å². The number of amides is 2. The van der Waals surface area contributed by atoms with Crippen LogP contribution in [0.1, 0.15) is 43.1 Å². The number of nitrogens with zero attached hydrogens (tertiary/aromatic N) is 2. The zero-order valence-electron chi connectivity index (χ0n) is 12.4. The molecule has 1 aliphatic rings. The molecule has 2 atom stereocenters. The van der Waals surface area contributed by atoms with Gasteiger partial charge in [-0.05, 0) is 30.9 Å². The summed E-state index contributed by atoms with van der Waals surface area (Å²) in [5.74, 6) is -0.434. The number of hydrogen-bond acceptors (Lipinski definition) is 3. The predicted octanol–water partition coefficient (Wildman–Crippen LogP) is 2.82. The Labute approximate surface area is 124 Å². The molecular formula is C15H21N3O3. The molecule has 6 heteroatoms. The molecule has 6 nitrogen and oxygen atoms in total. The lowest BCUT2D eigenvalue weighted by molar-refractivity contribution is 0.0690. The number of carboxylic acids is 1. The molecular weight excluding hydrogens is 270 g/mol. The number of aromatic nitrogens is 1. The van der Waals surface area contributed by atoms with Crippen molar-refractivity contribution in [3.05, 3.63) is 24.0 Å². The van der Waals surface area contributed by atoms with Crippen molar-refractivity contribution in [2.24, 2.45) is 5.92 Å². The first-order valence-corrected chi connectivity index (χ1v) is 7.20. The molecule has 21 heavy (non-hydrogen) atoms. The third-order valence-corrected chi connectivity index (χ3v) is 4.01. The number of pyridine rings is 1. The highest BCUT2D eigenvalue weighted by Gasteiger charge is 2.25. The monoisotopic (exact) mass is 291 g/mol. The van der Waals surface area contributed by atoms with Crippen molar-refractivity contribution in [2.75, 3.05) is 12.4 Å². The summed E-state index contributed by atoms with van der Waals surface area (Å²) in [5, 5.41) is 11.5. The molecule has 2 N–H and O–H groups in total. The first-order valence-electron chi connectivity index (χ1n) is 7.20. The van der Waals surface area contributed by atoms with E-state index in [-0.39, 0.29) is 17.8 Å². The maximum Gasteiger partial charge on any atom is 0.354 e. The van der Waals surface area contributed by atoms with Gasteiger partial charge in [-0.2, -0.15) is 0 Å². The van der Waals surface area contributed by atoms with Gasteiger partial charge in [-0.15, -0.1) is 0 Å². The highest BCUT2D eigenvalue weighted by molar-refractivity contribution is 5.90. The Kier molecular flexibility index (Phi) is 4.77. The number of anilines is 1. The number of urea groups is 1. The molecule has 0 saturated heterocycles. The van der Waals surface area contributed by atoms with Crippen LogP contribution in [0.2, 0.25) is 0 Å². The first kappa shape index (κ1) is 15.3. The van der Waals surface area contributed by atoms with Gasteiger partial charge in [0.2, 0.25) is 0 Å². The minimum Gasteiger partial charge on any atom is -0.477 e. The van der Waals surface area contributed by atoms with Crippen molar-refractivity contribution in [3.63, 3.8) is 0 Å². The average molecular weight is 291 g/mol. The Bertz CT molecular complexity index is 515. The number of aromatic carboxylic acids is 1. The van der Waals surface area contributed by atoms with E-state index >= 15 is 0 Å². The van der Waals surface area contributed by atoms with E-state index in [1.165, 1.54) is 18.7 Å². The molecule has 1 saturated carbocycles. The second-order valence-corrected chi connectivity index (χ2v) is 5.70. The third-order valence-electron chi connectivity index (χ3n) is 4.01. The van der Waals surface area contributed by atoms with Gasteiger partial charge >= 0.3 is 12.0 Å². The van der Waals surface area contributed by atoms with Crippen LogP contribution < -0.4 is 5.32 Å². The molecule has 1 aromatic heterocycles. The normalized spacial score (nSPS) is 21.6. The van der Waals surface area contributed by atoms with E-state index in [1.807, 2.05) is 0 Å². The number of hydrogen-bond donors (Lipinski definition) is 2. The van der Waals surface area contributed by atoms with Gasteiger partial charge in [-0.3, -0.25) is 0 Å². The molecule has 1 fully saturated rings. The number of carbonyl (C=O) groups is 2. The Balaban J connectivity index is 1.95. The van der Waals surface area contributed by atoms with Gasteiger partial charge in [-0.25, -0.2) is 14.6 Å². The van der Waals surface area contributed by atoms with Crippen LogP contribution in [-0.4, -0.2) is 40.1 Å². The Morgan fingerprint density at radius 1 is 1.38 bits per heavy atom. The van der Waals surface area contributed by atoms with Crippen molar-refractivity contribution >= 4 is 17.7 Å². The first-order chi connectivity index (χ1) is 9.97. The summed E-state index contributed by atoms with van der Waals surface area (Å²) >= 11 is 0. The van der Waals surface area contributed by atoms with Gasteiger partial charge in [-0.1, -0.05) is 19.8 Å². The number of carbonyl (C=O) groups excluding carboxylic acids is 1. The number of nitrogens with one attached hydrogen (secondary N) is 1. The van der Waals surface area contributed by atoms with Gasteiger partial charge in [0, 0.05) is 13.1 Å². The largest absolute Gasteiger partial charge is 0.477 e. The second kappa shape index (κ2) is 6.56. The van der Waals surface area contributed by atoms with Gasteiger partial charge < -0.3 is 15.3 Å². The Morgan fingerprint density at radius 3 is 2.71 bits per heavy atom. The maximum atomic E-state index is 12.2. The molecule has 1 aliphatic carbocycles. The molecule has 114 valence electrons. The van der Waals surface area contributed by atoms with E-state index in [0.717, 1.165) is 19.3 Å². The molecule has 2 rings (SSSR count). The summed E-state index contributed by atoms with van der Waals surface area (Å²) in [4.78, 5) is 28.4. The van der Waals surface area contributed by atoms with Crippen molar-refractivity contribution in [1.29, 1.82) is 0 Å². The lowest BCUT2D eigenvalue weighted by Gasteiger charge is -2.34. The van der Waals surface area contributed by atoms with Crippen molar-refractivity contribution < 1.29 is 14.7 Å². The van der Waals surface area contributed by atoms with E-state index in [4.69, 9.17) is 5.11 Å². The smallest absolute Gasteiger partial charge is 0.354 e. The molecule has 1 heterocycles. The van der Waals surface area contributed by atoms with Crippen LogP contribution in [0.5, 0.6) is 0 Å². The summed E-state index contributed by atoms with van der Waals surface area (Å²) in [6.45, 7) is 2.21. The van der Waals surface area contributed by atoms with Gasteiger partial charge in [0.25, 0.3) is 0 Å². The topological polar surface area (TPSA) is 82.5 Å². The zero-order chi connectivity index (χ0) is 15.4. The van der Waals surface area contributed by atoms with Crippen LogP contribution in [0.3, 0.4) is 0 Å². The predicted molar refractivity (Wildman–Crippen MR) is 79.4 cm³/mol. The third kappa shape index (κ3) is 3.93.